The summed E-state index contributed by atoms with van der Waals surface area (Å²) >= 11 is 1.22. The summed E-state index contributed by atoms with van der Waals surface area (Å²) in [6.07, 6.45) is -9.02. The van der Waals surface area contributed by atoms with Crippen molar-refractivity contribution in [3.05, 3.63) is 51.9 Å². The molecular formula is C16H11F6N3O2S. The Kier molecular flexibility index (Phi) is 5.17. The van der Waals surface area contributed by atoms with Gasteiger partial charge in [0.2, 0.25) is 5.91 Å². The van der Waals surface area contributed by atoms with Gasteiger partial charge in [-0.25, -0.2) is 4.98 Å². The van der Waals surface area contributed by atoms with Crippen LogP contribution in [0.1, 0.15) is 23.6 Å². The topological polar surface area (TPSA) is 64.0 Å². The molecule has 1 aliphatic heterocycles. The van der Waals surface area contributed by atoms with Crippen LogP contribution in [0.2, 0.25) is 0 Å². The van der Waals surface area contributed by atoms with Crippen molar-refractivity contribution in [1.82, 2.24) is 9.55 Å². The average Bonchev–Trinajstić information content (AvgIpc) is 2.97. The number of thioether (sulfide) groups is 1. The molecule has 0 spiro atoms. The molecule has 3 rings (SSSR count). The number of nitrogens with zero attached hydrogens (tertiary/aromatic N) is 2. The van der Waals surface area contributed by atoms with E-state index in [4.69, 9.17) is 0 Å². The van der Waals surface area contributed by atoms with Crippen LogP contribution < -0.4 is 10.9 Å². The first-order chi connectivity index (χ1) is 12.9. The molecule has 0 aliphatic carbocycles. The van der Waals surface area contributed by atoms with E-state index >= 15 is 0 Å². The van der Waals surface area contributed by atoms with Crippen molar-refractivity contribution in [2.24, 2.45) is 0 Å². The number of alkyl halides is 6. The molecule has 1 amide bonds. The lowest BCUT2D eigenvalue weighted by molar-refractivity contribution is -0.143. The molecule has 0 saturated heterocycles. The fourth-order valence-corrected chi connectivity index (χ4v) is 3.81. The van der Waals surface area contributed by atoms with Gasteiger partial charge in [-0.15, -0.1) is 0 Å². The van der Waals surface area contributed by atoms with Crippen LogP contribution >= 0.6 is 11.8 Å². The summed E-state index contributed by atoms with van der Waals surface area (Å²) in [4.78, 5) is 28.1. The van der Waals surface area contributed by atoms with E-state index < -0.39 is 46.7 Å². The van der Waals surface area contributed by atoms with E-state index in [0.29, 0.717) is 23.0 Å². The Bertz CT molecular complexity index is 938. The normalized spacial score (nSPS) is 16.7. The predicted octanol–water partition coefficient (Wildman–Crippen LogP) is 3.96. The minimum atomic E-state index is -5.01. The molecule has 2 heterocycles. The highest BCUT2D eigenvalue weighted by Gasteiger charge is 2.37. The Balaban J connectivity index is 1.83. The molecule has 0 fully saturated rings. The lowest BCUT2D eigenvalue weighted by Gasteiger charge is -2.16. The van der Waals surface area contributed by atoms with E-state index in [-0.39, 0.29) is 12.5 Å². The molecule has 1 aliphatic rings. The minimum Gasteiger partial charge on any atom is -0.326 e. The number of aromatic nitrogens is 2. The number of hydrogen-bond donors (Lipinski definition) is 1. The van der Waals surface area contributed by atoms with E-state index in [9.17, 15) is 35.9 Å². The number of carbonyl (C=O) groups excluding carboxylic acids is 1. The number of hydrogen-bond acceptors (Lipinski definition) is 4. The Morgan fingerprint density at radius 3 is 2.32 bits per heavy atom. The van der Waals surface area contributed by atoms with Gasteiger partial charge in [-0.05, 0) is 18.2 Å². The van der Waals surface area contributed by atoms with Crippen LogP contribution in [-0.2, 0) is 17.1 Å². The van der Waals surface area contributed by atoms with Gasteiger partial charge in [-0.3, -0.25) is 14.2 Å². The summed E-state index contributed by atoms with van der Waals surface area (Å²) < 4.78 is 78.6. The van der Waals surface area contributed by atoms with Crippen molar-refractivity contribution in [3.8, 4) is 0 Å². The van der Waals surface area contributed by atoms with Crippen LogP contribution in [0.5, 0.6) is 0 Å². The Morgan fingerprint density at radius 1 is 1.14 bits per heavy atom. The van der Waals surface area contributed by atoms with Crippen LogP contribution in [0.15, 0.2) is 40.4 Å². The van der Waals surface area contributed by atoms with Gasteiger partial charge in [0, 0.05) is 30.1 Å². The molecule has 5 nitrogen and oxygen atoms in total. The highest BCUT2D eigenvalue weighted by Crippen LogP contribution is 2.38. The second-order valence-corrected chi connectivity index (χ2v) is 6.93. The molecule has 0 radical (unpaired) electrons. The third kappa shape index (κ3) is 4.32. The number of rotatable bonds is 3. The maximum atomic E-state index is 12.9. The smallest absolute Gasteiger partial charge is 0.326 e. The molecule has 1 aromatic carbocycles. The van der Waals surface area contributed by atoms with E-state index in [1.54, 1.807) is 0 Å². The van der Waals surface area contributed by atoms with Crippen molar-refractivity contribution >= 4 is 23.4 Å². The summed E-state index contributed by atoms with van der Waals surface area (Å²) in [5.41, 5.74) is -4.08. The number of nitrogens with one attached hydrogen (secondary N) is 1. The van der Waals surface area contributed by atoms with Crippen LogP contribution in [-0.4, -0.2) is 21.2 Å². The van der Waals surface area contributed by atoms with E-state index in [1.165, 1.54) is 28.6 Å². The Labute approximate surface area is 157 Å². The van der Waals surface area contributed by atoms with Crippen LogP contribution in [0.4, 0.5) is 32.0 Å². The first-order valence-corrected chi connectivity index (χ1v) is 8.73. The first kappa shape index (κ1) is 20.2. The fraction of sp³-hybridized carbons (Fsp3) is 0.312. The van der Waals surface area contributed by atoms with Crippen molar-refractivity contribution < 1.29 is 31.1 Å². The molecule has 0 saturated carbocycles. The minimum absolute atomic E-state index is 0.0231. The SMILES string of the molecule is O=C(CC1CSc2nccc(=O)n21)Nc1cc(C(F)(F)F)cc(C(F)(F)F)c1. The zero-order valence-electron chi connectivity index (χ0n) is 13.8. The zero-order chi connectivity index (χ0) is 20.7. The van der Waals surface area contributed by atoms with Crippen molar-refractivity contribution in [3.63, 3.8) is 0 Å². The highest BCUT2D eigenvalue weighted by atomic mass is 32.2. The molecule has 1 N–H and O–H groups in total. The maximum absolute atomic E-state index is 12.9. The summed E-state index contributed by atoms with van der Waals surface area (Å²) in [5.74, 6) is -0.488. The Morgan fingerprint density at radius 2 is 1.75 bits per heavy atom. The highest BCUT2D eigenvalue weighted by molar-refractivity contribution is 7.99. The third-order valence-electron chi connectivity index (χ3n) is 3.91. The van der Waals surface area contributed by atoms with Gasteiger partial charge >= 0.3 is 12.4 Å². The Hall–Kier alpha value is -2.50. The van der Waals surface area contributed by atoms with Crippen LogP contribution in [0.3, 0.4) is 0 Å². The summed E-state index contributed by atoms with van der Waals surface area (Å²) in [6.45, 7) is 0. The third-order valence-corrected chi connectivity index (χ3v) is 5.02. The van der Waals surface area contributed by atoms with Gasteiger partial charge in [0.25, 0.3) is 5.56 Å². The molecule has 0 bridgehead atoms. The number of halogens is 6. The second-order valence-electron chi connectivity index (χ2n) is 5.95. The molecule has 1 atom stereocenters. The summed E-state index contributed by atoms with van der Waals surface area (Å²) in [7, 11) is 0. The number of anilines is 1. The quantitative estimate of drug-likeness (QED) is 0.600. The van der Waals surface area contributed by atoms with Crippen LogP contribution in [0, 0.1) is 0 Å². The van der Waals surface area contributed by atoms with Crippen molar-refractivity contribution in [2.45, 2.75) is 30.0 Å². The van der Waals surface area contributed by atoms with Gasteiger partial charge in [0.15, 0.2) is 5.16 Å². The van der Waals surface area contributed by atoms with E-state index in [1.807, 2.05) is 0 Å². The monoisotopic (exact) mass is 423 g/mol. The standard InChI is InChI=1S/C16H11F6N3O2S/c17-15(18,19)8-3-9(16(20,21)22)5-10(4-8)24-12(26)6-11-7-28-14-23-2-1-13(27)25(11)14/h1-5,11H,6-7H2,(H,24,26). The molecular weight excluding hydrogens is 412 g/mol. The van der Waals surface area contributed by atoms with Gasteiger partial charge in [0.1, 0.15) is 0 Å². The number of amides is 1. The van der Waals surface area contributed by atoms with Crippen molar-refractivity contribution in [1.29, 1.82) is 0 Å². The predicted molar refractivity (Wildman–Crippen MR) is 88.0 cm³/mol. The average molecular weight is 423 g/mol. The zero-order valence-corrected chi connectivity index (χ0v) is 14.6. The number of carbonyl (C=O) groups is 1. The van der Waals surface area contributed by atoms with Gasteiger partial charge in [-0.2, -0.15) is 26.3 Å². The second kappa shape index (κ2) is 7.15. The summed E-state index contributed by atoms with van der Waals surface area (Å²) in [6, 6.07) is 1.43. The number of fused-ring (bicyclic) bond motifs is 1. The molecule has 2 aromatic rings. The first-order valence-electron chi connectivity index (χ1n) is 7.75. The van der Waals surface area contributed by atoms with E-state index in [2.05, 4.69) is 10.3 Å². The van der Waals surface area contributed by atoms with Gasteiger partial charge in [-0.1, -0.05) is 11.8 Å². The fourth-order valence-electron chi connectivity index (χ4n) is 2.69. The lowest BCUT2D eigenvalue weighted by atomic mass is 10.1. The molecule has 1 aromatic heterocycles. The lowest BCUT2D eigenvalue weighted by Crippen LogP contribution is -2.27. The van der Waals surface area contributed by atoms with Gasteiger partial charge < -0.3 is 5.32 Å². The van der Waals surface area contributed by atoms with Crippen molar-refractivity contribution in [2.75, 3.05) is 11.1 Å². The molecule has 12 heteroatoms. The van der Waals surface area contributed by atoms with E-state index in [0.717, 1.165) is 0 Å². The molecule has 28 heavy (non-hydrogen) atoms. The van der Waals surface area contributed by atoms with Crippen LogP contribution in [0.25, 0.3) is 0 Å². The molecule has 150 valence electrons. The molecule has 1 unspecified atom stereocenters. The van der Waals surface area contributed by atoms with Gasteiger partial charge in [0.05, 0.1) is 17.2 Å². The maximum Gasteiger partial charge on any atom is 0.416 e. The largest absolute Gasteiger partial charge is 0.416 e. The summed E-state index contributed by atoms with van der Waals surface area (Å²) in [5, 5.41) is 2.45. The number of benzene rings is 1.